The van der Waals surface area contributed by atoms with Gasteiger partial charge in [0.1, 0.15) is 5.75 Å². The van der Waals surface area contributed by atoms with Gasteiger partial charge in [-0.15, -0.1) is 0 Å². The average molecular weight is 283 g/mol. The number of hydrogen-bond donors (Lipinski definition) is 0. The zero-order valence-corrected chi connectivity index (χ0v) is 11.2. The van der Waals surface area contributed by atoms with Crippen molar-refractivity contribution in [1.29, 1.82) is 0 Å². The number of rotatable bonds is 4. The van der Waals surface area contributed by atoms with Crippen LogP contribution in [0.25, 0.3) is 0 Å². The van der Waals surface area contributed by atoms with Crippen molar-refractivity contribution >= 4 is 11.5 Å². The van der Waals surface area contributed by atoms with Crippen molar-refractivity contribution in [3.63, 3.8) is 0 Å². The van der Waals surface area contributed by atoms with Crippen molar-refractivity contribution in [2.24, 2.45) is 0 Å². The lowest BCUT2D eigenvalue weighted by molar-refractivity contribution is -0.384. The van der Waals surface area contributed by atoms with Gasteiger partial charge in [-0.2, -0.15) is 0 Å². The quantitative estimate of drug-likeness (QED) is 0.491. The van der Waals surface area contributed by atoms with E-state index in [1.165, 1.54) is 12.1 Å². The number of non-ortho nitro benzene ring substituents is 1. The third kappa shape index (κ3) is 2.76. The summed E-state index contributed by atoms with van der Waals surface area (Å²) in [7, 11) is 0. The van der Waals surface area contributed by atoms with Crippen molar-refractivity contribution in [3.8, 4) is 5.75 Å². The molecule has 1 aliphatic rings. The minimum Gasteiger partial charge on any atom is -0.493 e. The first-order chi connectivity index (χ1) is 10.1. The van der Waals surface area contributed by atoms with Crippen molar-refractivity contribution < 1.29 is 14.5 Å². The van der Waals surface area contributed by atoms with Crippen LogP contribution in [0.3, 0.4) is 0 Å². The molecular weight excluding hydrogens is 270 g/mol. The molecule has 21 heavy (non-hydrogen) atoms. The number of carbonyl (C=O) groups is 1. The number of fused-ring (bicyclic) bond motifs is 1. The van der Waals surface area contributed by atoms with Crippen LogP contribution in [-0.4, -0.2) is 17.3 Å². The third-order valence-corrected chi connectivity index (χ3v) is 3.52. The summed E-state index contributed by atoms with van der Waals surface area (Å²) in [6.45, 7) is 0.662. The molecule has 3 rings (SSSR count). The highest BCUT2D eigenvalue weighted by Crippen LogP contribution is 2.26. The van der Waals surface area contributed by atoms with E-state index in [1.54, 1.807) is 18.2 Å². The van der Waals surface area contributed by atoms with E-state index in [1.807, 2.05) is 12.1 Å². The van der Waals surface area contributed by atoms with Crippen LogP contribution in [0.2, 0.25) is 0 Å². The van der Waals surface area contributed by atoms with Gasteiger partial charge >= 0.3 is 0 Å². The SMILES string of the molecule is O=C(Cc1ccc([N+](=O)[O-])cc1)c1ccc2c(c1)CCO2. The van der Waals surface area contributed by atoms with Crippen molar-refractivity contribution in [3.05, 3.63) is 69.3 Å². The number of ketones is 1. The molecule has 0 saturated heterocycles. The van der Waals surface area contributed by atoms with Gasteiger partial charge in [-0.3, -0.25) is 14.9 Å². The molecule has 2 aromatic carbocycles. The molecule has 2 aromatic rings. The molecule has 106 valence electrons. The second-order valence-electron chi connectivity index (χ2n) is 4.94. The Balaban J connectivity index is 1.75. The third-order valence-electron chi connectivity index (χ3n) is 3.52. The summed E-state index contributed by atoms with van der Waals surface area (Å²) in [6.07, 6.45) is 1.06. The maximum atomic E-state index is 12.3. The highest BCUT2D eigenvalue weighted by molar-refractivity contribution is 5.97. The fourth-order valence-electron chi connectivity index (χ4n) is 2.38. The van der Waals surface area contributed by atoms with E-state index in [2.05, 4.69) is 0 Å². The largest absolute Gasteiger partial charge is 0.493 e. The summed E-state index contributed by atoms with van der Waals surface area (Å²) in [6, 6.07) is 11.5. The minimum atomic E-state index is -0.452. The molecule has 0 aliphatic carbocycles. The predicted molar refractivity (Wildman–Crippen MR) is 76.8 cm³/mol. The molecule has 0 unspecified atom stereocenters. The molecule has 5 nitrogen and oxygen atoms in total. The molecule has 0 fully saturated rings. The van der Waals surface area contributed by atoms with Crippen LogP contribution in [0.15, 0.2) is 42.5 Å². The van der Waals surface area contributed by atoms with Crippen LogP contribution in [0.4, 0.5) is 5.69 Å². The van der Waals surface area contributed by atoms with E-state index in [0.717, 1.165) is 23.3 Å². The van der Waals surface area contributed by atoms with E-state index in [4.69, 9.17) is 4.74 Å². The Morgan fingerprint density at radius 1 is 1.19 bits per heavy atom. The standard InChI is InChI=1S/C16H13NO4/c18-15(9-11-1-4-14(5-2-11)17(19)20)12-3-6-16-13(10-12)7-8-21-16/h1-6,10H,7-9H2. The number of Topliss-reactive ketones (excluding diaryl/α,β-unsaturated/α-hetero) is 1. The van der Waals surface area contributed by atoms with Gasteiger partial charge in [0.2, 0.25) is 0 Å². The number of hydrogen-bond acceptors (Lipinski definition) is 4. The maximum absolute atomic E-state index is 12.3. The Morgan fingerprint density at radius 3 is 2.67 bits per heavy atom. The number of nitro groups is 1. The number of ether oxygens (including phenoxy) is 1. The normalized spacial score (nSPS) is 12.6. The molecule has 5 heteroatoms. The first kappa shape index (κ1) is 13.3. The van der Waals surface area contributed by atoms with Gasteiger partial charge in [-0.25, -0.2) is 0 Å². The highest BCUT2D eigenvalue weighted by Gasteiger charge is 2.15. The summed E-state index contributed by atoms with van der Waals surface area (Å²) < 4.78 is 5.41. The molecule has 1 heterocycles. The second-order valence-corrected chi connectivity index (χ2v) is 4.94. The van der Waals surface area contributed by atoms with Gasteiger partial charge in [0.25, 0.3) is 5.69 Å². The number of nitrogens with zero attached hydrogens (tertiary/aromatic N) is 1. The number of benzene rings is 2. The molecule has 0 radical (unpaired) electrons. The topological polar surface area (TPSA) is 69.4 Å². The Labute approximate surface area is 121 Å². The Bertz CT molecular complexity index is 707. The summed E-state index contributed by atoms with van der Waals surface area (Å²) in [5.41, 5.74) is 2.50. The van der Waals surface area contributed by atoms with Crippen LogP contribution in [0.1, 0.15) is 21.5 Å². The van der Waals surface area contributed by atoms with E-state index < -0.39 is 4.92 Å². The minimum absolute atomic E-state index is 0.00134. The molecule has 0 aromatic heterocycles. The summed E-state index contributed by atoms with van der Waals surface area (Å²) in [5, 5.41) is 10.6. The first-order valence-corrected chi connectivity index (χ1v) is 6.66. The van der Waals surface area contributed by atoms with Gasteiger partial charge < -0.3 is 4.74 Å². The summed E-state index contributed by atoms with van der Waals surface area (Å²) in [5.74, 6) is 0.848. The van der Waals surface area contributed by atoms with Crippen LogP contribution < -0.4 is 4.74 Å². The first-order valence-electron chi connectivity index (χ1n) is 6.66. The Kier molecular flexibility index (Phi) is 3.39. The lowest BCUT2D eigenvalue weighted by atomic mass is 10.0. The summed E-state index contributed by atoms with van der Waals surface area (Å²) in [4.78, 5) is 22.4. The van der Waals surface area contributed by atoms with Gasteiger partial charge in [0, 0.05) is 30.5 Å². The predicted octanol–water partition coefficient (Wildman–Crippen LogP) is 2.96. The lowest BCUT2D eigenvalue weighted by Gasteiger charge is -2.04. The van der Waals surface area contributed by atoms with Gasteiger partial charge in [-0.1, -0.05) is 12.1 Å². The van der Waals surface area contributed by atoms with Gasteiger partial charge in [0.05, 0.1) is 11.5 Å². The lowest BCUT2D eigenvalue weighted by Crippen LogP contribution is -2.04. The fraction of sp³-hybridized carbons (Fsp3) is 0.188. The molecule has 0 atom stereocenters. The van der Waals surface area contributed by atoms with Crippen LogP contribution in [0, 0.1) is 10.1 Å². The highest BCUT2D eigenvalue weighted by atomic mass is 16.6. The monoisotopic (exact) mass is 283 g/mol. The van der Waals surface area contributed by atoms with Crippen LogP contribution in [-0.2, 0) is 12.8 Å². The molecular formula is C16H13NO4. The Hall–Kier alpha value is -2.69. The van der Waals surface area contributed by atoms with Crippen LogP contribution in [0.5, 0.6) is 5.75 Å². The Morgan fingerprint density at radius 2 is 1.95 bits per heavy atom. The van der Waals surface area contributed by atoms with Gasteiger partial charge in [0.15, 0.2) is 5.78 Å². The second kappa shape index (κ2) is 5.36. The van der Waals surface area contributed by atoms with Crippen LogP contribution >= 0.6 is 0 Å². The zero-order chi connectivity index (χ0) is 14.8. The molecule has 1 aliphatic heterocycles. The maximum Gasteiger partial charge on any atom is 0.269 e. The number of nitro benzene ring substituents is 1. The molecule has 0 amide bonds. The zero-order valence-electron chi connectivity index (χ0n) is 11.2. The van der Waals surface area contributed by atoms with Crippen molar-refractivity contribution in [2.45, 2.75) is 12.8 Å². The van der Waals surface area contributed by atoms with E-state index in [-0.39, 0.29) is 17.9 Å². The molecule has 0 spiro atoms. The van der Waals surface area contributed by atoms with E-state index in [9.17, 15) is 14.9 Å². The molecule has 0 bridgehead atoms. The van der Waals surface area contributed by atoms with Gasteiger partial charge in [-0.05, 0) is 29.3 Å². The van der Waals surface area contributed by atoms with E-state index >= 15 is 0 Å². The van der Waals surface area contributed by atoms with Crippen molar-refractivity contribution in [2.75, 3.05) is 6.61 Å². The van der Waals surface area contributed by atoms with Crippen molar-refractivity contribution in [1.82, 2.24) is 0 Å². The summed E-state index contributed by atoms with van der Waals surface area (Å²) >= 11 is 0. The number of carbonyl (C=O) groups excluding carboxylic acids is 1. The molecule has 0 N–H and O–H groups in total. The fourth-order valence-corrected chi connectivity index (χ4v) is 2.38. The van der Waals surface area contributed by atoms with E-state index in [0.29, 0.717) is 12.2 Å². The average Bonchev–Trinajstić information content (AvgIpc) is 2.95. The smallest absolute Gasteiger partial charge is 0.269 e. The molecule has 0 saturated carbocycles.